The van der Waals surface area contributed by atoms with Crippen LogP contribution in [0.3, 0.4) is 0 Å². The molecule has 1 aromatic rings. The number of hydrogen-bond acceptors (Lipinski definition) is 5. The molecule has 20 heavy (non-hydrogen) atoms. The summed E-state index contributed by atoms with van der Waals surface area (Å²) in [5, 5.41) is 4.91. The van der Waals surface area contributed by atoms with Gasteiger partial charge in [-0.3, -0.25) is 14.5 Å². The number of Topliss-reactive ketones (excluding diaryl/α,β-unsaturated/α-hetero) is 1. The number of nitrogens with zero attached hydrogens (tertiary/aromatic N) is 1. The van der Waals surface area contributed by atoms with Gasteiger partial charge in [0, 0.05) is 24.5 Å². The van der Waals surface area contributed by atoms with E-state index in [1.807, 2.05) is 11.4 Å². The average molecular weight is 296 g/mol. The van der Waals surface area contributed by atoms with Crippen molar-refractivity contribution in [1.82, 2.24) is 10.2 Å². The van der Waals surface area contributed by atoms with Gasteiger partial charge in [-0.1, -0.05) is 6.07 Å². The molecule has 1 aliphatic rings. The molecular formula is C14H20N2O3S. The molecule has 0 radical (unpaired) electrons. The van der Waals surface area contributed by atoms with Gasteiger partial charge in [-0.25, -0.2) is 0 Å². The SMILES string of the molecule is CC(=O)CC(=O)NCC(c1cccs1)N1CCOCC1. The molecule has 0 saturated carbocycles. The summed E-state index contributed by atoms with van der Waals surface area (Å²) in [4.78, 5) is 26.1. The zero-order valence-corrected chi connectivity index (χ0v) is 12.4. The first-order valence-electron chi connectivity index (χ1n) is 6.78. The van der Waals surface area contributed by atoms with Gasteiger partial charge in [-0.05, 0) is 18.4 Å². The Morgan fingerprint density at radius 3 is 2.80 bits per heavy atom. The van der Waals surface area contributed by atoms with Crippen LogP contribution in [0.4, 0.5) is 0 Å². The van der Waals surface area contributed by atoms with Crippen LogP contribution in [-0.4, -0.2) is 49.4 Å². The van der Waals surface area contributed by atoms with Crippen LogP contribution in [0.2, 0.25) is 0 Å². The lowest BCUT2D eigenvalue weighted by Gasteiger charge is -2.34. The maximum absolute atomic E-state index is 11.6. The molecule has 110 valence electrons. The van der Waals surface area contributed by atoms with Gasteiger partial charge in [0.05, 0.1) is 25.7 Å². The summed E-state index contributed by atoms with van der Waals surface area (Å²) in [6, 6.07) is 4.27. The number of ketones is 1. The Balaban J connectivity index is 1.96. The van der Waals surface area contributed by atoms with Crippen LogP contribution in [0.5, 0.6) is 0 Å². The number of nitrogens with one attached hydrogen (secondary N) is 1. The highest BCUT2D eigenvalue weighted by atomic mass is 32.1. The number of carbonyl (C=O) groups excluding carboxylic acids is 2. The van der Waals surface area contributed by atoms with Crippen molar-refractivity contribution in [2.45, 2.75) is 19.4 Å². The Kier molecular flexibility index (Phi) is 5.70. The zero-order chi connectivity index (χ0) is 14.4. The summed E-state index contributed by atoms with van der Waals surface area (Å²) in [6.07, 6.45) is -0.0414. The minimum absolute atomic E-state index is 0.0414. The van der Waals surface area contributed by atoms with Gasteiger partial charge < -0.3 is 10.1 Å². The highest BCUT2D eigenvalue weighted by Crippen LogP contribution is 2.25. The van der Waals surface area contributed by atoms with Crippen molar-refractivity contribution in [3.63, 3.8) is 0 Å². The van der Waals surface area contributed by atoms with Gasteiger partial charge in [0.2, 0.25) is 5.91 Å². The van der Waals surface area contributed by atoms with Crippen molar-refractivity contribution in [3.05, 3.63) is 22.4 Å². The number of amides is 1. The highest BCUT2D eigenvalue weighted by Gasteiger charge is 2.23. The maximum atomic E-state index is 11.6. The number of carbonyl (C=O) groups is 2. The van der Waals surface area contributed by atoms with Crippen molar-refractivity contribution in [3.8, 4) is 0 Å². The van der Waals surface area contributed by atoms with Gasteiger partial charge in [0.15, 0.2) is 0 Å². The number of morpholine rings is 1. The summed E-state index contributed by atoms with van der Waals surface area (Å²) in [5.74, 6) is -0.311. The monoisotopic (exact) mass is 296 g/mol. The van der Waals surface area contributed by atoms with Crippen molar-refractivity contribution in [1.29, 1.82) is 0 Å². The number of ether oxygens (including phenoxy) is 1. The summed E-state index contributed by atoms with van der Waals surface area (Å²) in [5.41, 5.74) is 0. The van der Waals surface area contributed by atoms with Crippen LogP contribution < -0.4 is 5.32 Å². The third-order valence-electron chi connectivity index (χ3n) is 3.26. The van der Waals surface area contributed by atoms with Crippen molar-refractivity contribution >= 4 is 23.0 Å². The summed E-state index contributed by atoms with van der Waals surface area (Å²) < 4.78 is 5.38. The molecule has 0 aliphatic carbocycles. The summed E-state index contributed by atoms with van der Waals surface area (Å²) in [6.45, 7) is 5.15. The molecule has 2 heterocycles. The third kappa shape index (κ3) is 4.40. The van der Waals surface area contributed by atoms with Crippen molar-refractivity contribution in [2.75, 3.05) is 32.8 Å². The van der Waals surface area contributed by atoms with E-state index in [0.29, 0.717) is 6.54 Å². The van der Waals surface area contributed by atoms with E-state index in [9.17, 15) is 9.59 Å². The Hall–Kier alpha value is -1.24. The van der Waals surface area contributed by atoms with Crippen molar-refractivity contribution < 1.29 is 14.3 Å². The second kappa shape index (κ2) is 7.52. The number of rotatable bonds is 6. The van der Waals surface area contributed by atoms with E-state index in [4.69, 9.17) is 4.74 Å². The summed E-state index contributed by atoms with van der Waals surface area (Å²) >= 11 is 1.69. The lowest BCUT2D eigenvalue weighted by Crippen LogP contribution is -2.43. The topological polar surface area (TPSA) is 58.6 Å². The Bertz CT molecular complexity index is 441. The van der Waals surface area contributed by atoms with Crippen LogP contribution in [0, 0.1) is 0 Å². The Morgan fingerprint density at radius 1 is 1.45 bits per heavy atom. The van der Waals surface area contributed by atoms with E-state index in [0.717, 1.165) is 26.3 Å². The second-order valence-corrected chi connectivity index (χ2v) is 5.84. The number of hydrogen-bond donors (Lipinski definition) is 1. The predicted molar refractivity (Wildman–Crippen MR) is 77.8 cm³/mol. The molecule has 1 aromatic heterocycles. The number of thiophene rings is 1. The van der Waals surface area contributed by atoms with E-state index in [1.54, 1.807) is 11.3 Å². The molecule has 1 atom stereocenters. The molecule has 5 nitrogen and oxygen atoms in total. The van der Waals surface area contributed by atoms with Gasteiger partial charge in [-0.15, -0.1) is 11.3 Å². The van der Waals surface area contributed by atoms with Crippen LogP contribution in [0.25, 0.3) is 0 Å². The van der Waals surface area contributed by atoms with E-state index >= 15 is 0 Å². The Labute approximate surface area is 122 Å². The van der Waals surface area contributed by atoms with Gasteiger partial charge in [0.1, 0.15) is 5.78 Å². The predicted octanol–water partition coefficient (Wildman–Crippen LogP) is 1.22. The smallest absolute Gasteiger partial charge is 0.227 e. The first kappa shape index (κ1) is 15.2. The van der Waals surface area contributed by atoms with Crippen LogP contribution in [0.1, 0.15) is 24.3 Å². The van der Waals surface area contributed by atoms with Crippen molar-refractivity contribution in [2.24, 2.45) is 0 Å². The molecule has 6 heteroatoms. The molecule has 1 aliphatic heterocycles. The maximum Gasteiger partial charge on any atom is 0.227 e. The van der Waals surface area contributed by atoms with E-state index in [-0.39, 0.29) is 24.2 Å². The van der Waals surface area contributed by atoms with E-state index in [2.05, 4.69) is 16.3 Å². The van der Waals surface area contributed by atoms with E-state index < -0.39 is 0 Å². The molecular weight excluding hydrogens is 276 g/mol. The van der Waals surface area contributed by atoms with Gasteiger partial charge in [0.25, 0.3) is 0 Å². The van der Waals surface area contributed by atoms with Crippen LogP contribution >= 0.6 is 11.3 Å². The van der Waals surface area contributed by atoms with Crippen LogP contribution in [-0.2, 0) is 14.3 Å². The highest BCUT2D eigenvalue weighted by molar-refractivity contribution is 7.10. The van der Waals surface area contributed by atoms with Gasteiger partial charge in [-0.2, -0.15) is 0 Å². The lowest BCUT2D eigenvalue weighted by molar-refractivity contribution is -0.127. The lowest BCUT2D eigenvalue weighted by atomic mass is 10.2. The normalized spacial score (nSPS) is 17.6. The zero-order valence-electron chi connectivity index (χ0n) is 11.6. The molecule has 0 spiro atoms. The van der Waals surface area contributed by atoms with E-state index in [1.165, 1.54) is 11.8 Å². The quantitative estimate of drug-likeness (QED) is 0.802. The molecule has 1 N–H and O–H groups in total. The molecule has 0 aromatic carbocycles. The molecule has 1 fully saturated rings. The molecule has 1 unspecified atom stereocenters. The second-order valence-electron chi connectivity index (χ2n) is 4.86. The minimum atomic E-state index is -0.202. The largest absolute Gasteiger partial charge is 0.379 e. The molecule has 1 saturated heterocycles. The molecule has 0 bridgehead atoms. The van der Waals surface area contributed by atoms with Gasteiger partial charge >= 0.3 is 0 Å². The fraction of sp³-hybridized carbons (Fsp3) is 0.571. The first-order valence-corrected chi connectivity index (χ1v) is 7.66. The van der Waals surface area contributed by atoms with Crippen LogP contribution in [0.15, 0.2) is 17.5 Å². The fourth-order valence-electron chi connectivity index (χ4n) is 2.28. The Morgan fingerprint density at radius 2 is 2.20 bits per heavy atom. The average Bonchev–Trinajstić information content (AvgIpc) is 2.93. The third-order valence-corrected chi connectivity index (χ3v) is 4.23. The minimum Gasteiger partial charge on any atom is -0.379 e. The molecule has 1 amide bonds. The first-order chi connectivity index (χ1) is 9.66. The standard InChI is InChI=1S/C14H20N2O3S/c1-11(17)9-14(18)15-10-12(13-3-2-8-20-13)16-4-6-19-7-5-16/h2-3,8,12H,4-7,9-10H2,1H3,(H,15,18). The molecule has 2 rings (SSSR count). The summed E-state index contributed by atoms with van der Waals surface area (Å²) in [7, 11) is 0. The fourth-order valence-corrected chi connectivity index (χ4v) is 3.14.